The molecule has 0 spiro atoms. The van der Waals surface area contributed by atoms with Crippen molar-refractivity contribution in [2.24, 2.45) is 35.5 Å². The van der Waals surface area contributed by atoms with Gasteiger partial charge in [0, 0.05) is 71.3 Å². The van der Waals surface area contributed by atoms with E-state index in [1.165, 1.54) is 0 Å². The minimum atomic E-state index is -1.26. The van der Waals surface area contributed by atoms with Crippen molar-refractivity contribution in [1.82, 2.24) is 0 Å². The number of hydrogen-bond donors (Lipinski definition) is 0. The number of carbonyl (C=O) groups excluding carboxylic acids is 6. The van der Waals surface area contributed by atoms with E-state index in [1.807, 2.05) is 0 Å². The van der Waals surface area contributed by atoms with E-state index in [2.05, 4.69) is 0 Å². The van der Waals surface area contributed by atoms with Crippen molar-refractivity contribution in [1.29, 1.82) is 0 Å². The quantitative estimate of drug-likeness (QED) is 0.274. The molecular formula is C24H30Al2O12. The van der Waals surface area contributed by atoms with Crippen molar-refractivity contribution in [3.63, 3.8) is 0 Å². The van der Waals surface area contributed by atoms with Crippen LogP contribution in [0.5, 0.6) is 0 Å². The first-order valence-electron chi connectivity index (χ1n) is 12.1. The monoisotopic (exact) mass is 564 g/mol. The molecule has 6 unspecified atom stereocenters. The third kappa shape index (κ3) is 12.2. The van der Waals surface area contributed by atoms with E-state index >= 15 is 0 Å². The molecule has 0 bridgehead atoms. The molecule has 0 aromatic heterocycles. The number of aliphatic carboxylic acids is 6. The van der Waals surface area contributed by atoms with Crippen LogP contribution < -0.4 is 30.6 Å². The maximum Gasteiger partial charge on any atom is 3.00 e. The summed E-state index contributed by atoms with van der Waals surface area (Å²) < 4.78 is 0. The Morgan fingerprint density at radius 2 is 0.421 bits per heavy atom. The maximum absolute atomic E-state index is 10.5. The molecule has 14 heteroatoms. The van der Waals surface area contributed by atoms with E-state index in [0.29, 0.717) is 38.5 Å². The minimum absolute atomic E-state index is 0. The minimum Gasteiger partial charge on any atom is -0.550 e. The number of hydrogen-bond acceptors (Lipinski definition) is 12. The molecule has 12 nitrogen and oxygen atoms in total. The largest absolute Gasteiger partial charge is 3.00 e. The molecular weight excluding hydrogens is 534 g/mol. The van der Waals surface area contributed by atoms with Crippen molar-refractivity contribution >= 4 is 70.5 Å². The molecule has 3 rings (SSSR count). The van der Waals surface area contributed by atoms with E-state index in [9.17, 15) is 59.4 Å². The van der Waals surface area contributed by atoms with Crippen LogP contribution in [0.15, 0.2) is 0 Å². The fourth-order valence-corrected chi connectivity index (χ4v) is 5.09. The standard InChI is InChI=1S/3C8H12O4.2Al/c3*9-7(10)5-3-1-2-4-6(5)8(11)12;;/h3*5-6H,1-4H2,(H,9,10)(H,11,12);;/q;;;2*+3/p-6. The predicted molar refractivity (Wildman–Crippen MR) is 118 cm³/mol. The molecule has 6 atom stereocenters. The molecule has 0 aliphatic heterocycles. The molecule has 0 N–H and O–H groups in total. The normalized spacial score (nSPS) is 28.1. The fraction of sp³-hybridized carbons (Fsp3) is 0.750. The van der Waals surface area contributed by atoms with Crippen LogP contribution in [0.4, 0.5) is 0 Å². The van der Waals surface area contributed by atoms with Gasteiger partial charge in [0.1, 0.15) is 0 Å². The molecule has 204 valence electrons. The zero-order valence-corrected chi connectivity index (χ0v) is 23.3. The summed E-state index contributed by atoms with van der Waals surface area (Å²) in [6.07, 6.45) is 7.02. The van der Waals surface area contributed by atoms with Crippen LogP contribution in [-0.2, 0) is 28.8 Å². The third-order valence-electron chi connectivity index (χ3n) is 7.11. The average molecular weight is 564 g/mol. The molecule has 3 aliphatic rings. The fourth-order valence-electron chi connectivity index (χ4n) is 5.09. The Labute approximate surface area is 242 Å². The predicted octanol–water partition coefficient (Wildman–Crippen LogP) is -5.88. The van der Waals surface area contributed by atoms with E-state index < -0.39 is 71.3 Å². The summed E-state index contributed by atoms with van der Waals surface area (Å²) in [6.45, 7) is 0. The second-order valence-electron chi connectivity index (χ2n) is 9.41. The van der Waals surface area contributed by atoms with Crippen LogP contribution in [0.2, 0.25) is 0 Å². The summed E-state index contributed by atoms with van der Waals surface area (Å²) in [5.74, 6) is -12.6. The summed E-state index contributed by atoms with van der Waals surface area (Å²) in [5.41, 5.74) is 0. The van der Waals surface area contributed by atoms with Gasteiger partial charge in [-0.3, -0.25) is 0 Å². The second-order valence-corrected chi connectivity index (χ2v) is 9.41. The Balaban J connectivity index is 0. The molecule has 38 heavy (non-hydrogen) atoms. The Kier molecular flexibility index (Phi) is 19.0. The molecule has 3 fully saturated rings. The van der Waals surface area contributed by atoms with Crippen LogP contribution >= 0.6 is 0 Å². The van der Waals surface area contributed by atoms with Gasteiger partial charge in [0.2, 0.25) is 0 Å². The van der Waals surface area contributed by atoms with Crippen molar-refractivity contribution in [2.75, 3.05) is 0 Å². The first kappa shape index (κ1) is 38.0. The van der Waals surface area contributed by atoms with Gasteiger partial charge in [0.25, 0.3) is 0 Å². The number of carboxylic acids is 6. The van der Waals surface area contributed by atoms with Gasteiger partial charge < -0.3 is 59.4 Å². The zero-order valence-electron chi connectivity index (χ0n) is 21.0. The van der Waals surface area contributed by atoms with E-state index in [4.69, 9.17) is 0 Å². The van der Waals surface area contributed by atoms with Crippen molar-refractivity contribution in [3.8, 4) is 0 Å². The Hall–Kier alpha value is -2.12. The first-order chi connectivity index (χ1) is 16.9. The summed E-state index contributed by atoms with van der Waals surface area (Å²) in [5, 5.41) is 62.8. The van der Waals surface area contributed by atoms with Gasteiger partial charge in [-0.15, -0.1) is 0 Å². The summed E-state index contributed by atoms with van der Waals surface area (Å²) in [7, 11) is 0. The molecule has 0 saturated heterocycles. The smallest absolute Gasteiger partial charge is 0.550 e. The SMILES string of the molecule is O=C([O-])C1CCCCC1C(=O)[O-].O=C([O-])C1CCCCC1C(=O)[O-].O=C([O-])C1CCCCC1C(=O)[O-].[Al+3].[Al+3]. The van der Waals surface area contributed by atoms with Crippen molar-refractivity contribution in [3.05, 3.63) is 0 Å². The third-order valence-corrected chi connectivity index (χ3v) is 7.11. The topological polar surface area (TPSA) is 241 Å². The van der Waals surface area contributed by atoms with E-state index in [-0.39, 0.29) is 34.7 Å². The Morgan fingerprint density at radius 1 is 0.316 bits per heavy atom. The van der Waals surface area contributed by atoms with Gasteiger partial charge in [-0.25, -0.2) is 0 Å². The number of carbonyl (C=O) groups is 6. The molecule has 0 aromatic carbocycles. The van der Waals surface area contributed by atoms with E-state index in [1.54, 1.807) is 0 Å². The Morgan fingerprint density at radius 3 is 0.500 bits per heavy atom. The van der Waals surface area contributed by atoms with Gasteiger partial charge in [-0.05, 0) is 38.5 Å². The molecule has 3 aliphatic carbocycles. The van der Waals surface area contributed by atoms with Crippen LogP contribution in [0.1, 0.15) is 77.0 Å². The van der Waals surface area contributed by atoms with Crippen molar-refractivity contribution in [2.45, 2.75) is 77.0 Å². The molecule has 0 heterocycles. The van der Waals surface area contributed by atoms with E-state index in [0.717, 1.165) is 38.5 Å². The van der Waals surface area contributed by atoms with Crippen molar-refractivity contribution < 1.29 is 59.4 Å². The van der Waals surface area contributed by atoms with Gasteiger partial charge >= 0.3 is 34.7 Å². The van der Waals surface area contributed by atoms with Gasteiger partial charge in [0.15, 0.2) is 0 Å². The van der Waals surface area contributed by atoms with Crippen LogP contribution in [0.3, 0.4) is 0 Å². The maximum atomic E-state index is 10.5. The summed E-state index contributed by atoms with van der Waals surface area (Å²) in [4.78, 5) is 62.8. The van der Waals surface area contributed by atoms with Crippen LogP contribution in [0, 0.1) is 35.5 Å². The molecule has 3 saturated carbocycles. The average Bonchev–Trinajstić information content (AvgIpc) is 2.84. The summed E-state index contributed by atoms with van der Waals surface area (Å²) in [6, 6.07) is 0. The first-order valence-corrected chi connectivity index (χ1v) is 12.1. The van der Waals surface area contributed by atoms with Crippen LogP contribution in [-0.4, -0.2) is 70.5 Å². The molecule has 0 amide bonds. The van der Waals surface area contributed by atoms with Crippen LogP contribution in [0.25, 0.3) is 0 Å². The molecule has 0 aromatic rings. The van der Waals surface area contributed by atoms with Gasteiger partial charge in [-0.1, -0.05) is 38.5 Å². The van der Waals surface area contributed by atoms with Gasteiger partial charge in [0.05, 0.1) is 0 Å². The number of carboxylic acid groups (broad SMARTS) is 6. The second kappa shape index (κ2) is 19.0. The van der Waals surface area contributed by atoms with Gasteiger partial charge in [-0.2, -0.15) is 0 Å². The molecule has 0 radical (unpaired) electrons. The summed E-state index contributed by atoms with van der Waals surface area (Å²) >= 11 is 0. The number of rotatable bonds is 6. The Bertz CT molecular complexity index is 648. The zero-order chi connectivity index (χ0) is 27.4.